The van der Waals surface area contributed by atoms with Crippen molar-refractivity contribution in [2.75, 3.05) is 18.5 Å². The molecule has 0 fully saturated rings. The molecule has 0 aliphatic rings. The first-order valence-corrected chi connectivity index (χ1v) is 7.85. The molecule has 0 aliphatic carbocycles. The van der Waals surface area contributed by atoms with Crippen molar-refractivity contribution in [2.45, 2.75) is 33.4 Å². The molecule has 0 aromatic carbocycles. The van der Waals surface area contributed by atoms with Crippen LogP contribution in [0, 0.1) is 6.92 Å². The Bertz CT molecular complexity index is 538. The summed E-state index contributed by atoms with van der Waals surface area (Å²) < 4.78 is 0. The van der Waals surface area contributed by atoms with Crippen LogP contribution in [0.25, 0.3) is 0 Å². The largest absolute Gasteiger partial charge is 0.345 e. The maximum Gasteiger partial charge on any atom is 0.185 e. The number of rotatable bonds is 7. The molecule has 2 aromatic heterocycles. The first kappa shape index (κ1) is 14.9. The first-order chi connectivity index (χ1) is 9.69. The lowest BCUT2D eigenvalue weighted by Crippen LogP contribution is -2.18. The topological polar surface area (TPSA) is 41.0 Å². The van der Waals surface area contributed by atoms with E-state index in [1.807, 2.05) is 19.1 Å². The zero-order valence-corrected chi connectivity index (χ0v) is 13.2. The van der Waals surface area contributed by atoms with Crippen LogP contribution in [0.15, 0.2) is 23.6 Å². The van der Waals surface area contributed by atoms with E-state index in [-0.39, 0.29) is 0 Å². The van der Waals surface area contributed by atoms with Crippen molar-refractivity contribution in [2.24, 2.45) is 0 Å². The summed E-state index contributed by atoms with van der Waals surface area (Å²) in [6.45, 7) is 6.86. The lowest BCUT2D eigenvalue weighted by atomic mass is 10.3. The number of nitrogens with one attached hydrogen (secondary N) is 1. The van der Waals surface area contributed by atoms with E-state index >= 15 is 0 Å². The van der Waals surface area contributed by atoms with E-state index in [1.165, 1.54) is 0 Å². The highest BCUT2D eigenvalue weighted by atomic mass is 32.1. The molecule has 0 saturated heterocycles. The van der Waals surface area contributed by atoms with Crippen molar-refractivity contribution in [1.29, 1.82) is 0 Å². The molecule has 0 radical (unpaired) electrons. The van der Waals surface area contributed by atoms with Gasteiger partial charge in [0, 0.05) is 24.7 Å². The van der Waals surface area contributed by atoms with Crippen molar-refractivity contribution >= 4 is 16.5 Å². The van der Waals surface area contributed by atoms with E-state index in [0.717, 1.165) is 48.3 Å². The van der Waals surface area contributed by atoms with Crippen molar-refractivity contribution in [3.8, 4) is 0 Å². The summed E-state index contributed by atoms with van der Waals surface area (Å²) in [5.74, 6) is 0. The molecule has 0 spiro atoms. The van der Waals surface area contributed by atoms with Crippen LogP contribution in [0.5, 0.6) is 0 Å². The summed E-state index contributed by atoms with van der Waals surface area (Å²) >= 11 is 1.69. The Hall–Kier alpha value is -1.46. The van der Waals surface area contributed by atoms with Gasteiger partial charge in [-0.2, -0.15) is 0 Å². The third kappa shape index (κ3) is 4.28. The van der Waals surface area contributed by atoms with Crippen LogP contribution in [0.2, 0.25) is 0 Å². The summed E-state index contributed by atoms with van der Waals surface area (Å²) in [6, 6.07) is 6.12. The van der Waals surface area contributed by atoms with Gasteiger partial charge in [0.15, 0.2) is 5.13 Å². The third-order valence-corrected chi connectivity index (χ3v) is 3.95. The van der Waals surface area contributed by atoms with Gasteiger partial charge in [-0.1, -0.05) is 13.0 Å². The van der Waals surface area contributed by atoms with E-state index in [1.54, 1.807) is 11.3 Å². The van der Waals surface area contributed by atoms with Gasteiger partial charge in [0.1, 0.15) is 0 Å². The Balaban J connectivity index is 1.93. The number of aryl methyl sites for hydroxylation is 1. The second-order valence-corrected chi connectivity index (χ2v) is 5.76. The molecule has 0 saturated carbocycles. The normalized spacial score (nSPS) is 10.8. The maximum atomic E-state index is 4.65. The average molecular weight is 290 g/mol. The van der Waals surface area contributed by atoms with E-state index in [9.17, 15) is 0 Å². The van der Waals surface area contributed by atoms with E-state index in [2.05, 4.69) is 45.6 Å². The molecule has 0 bridgehead atoms. The quantitative estimate of drug-likeness (QED) is 0.796. The summed E-state index contributed by atoms with van der Waals surface area (Å²) in [5.41, 5.74) is 3.25. The van der Waals surface area contributed by atoms with Crippen LogP contribution in [0.1, 0.15) is 30.4 Å². The number of hydrogen-bond donors (Lipinski definition) is 1. The zero-order valence-electron chi connectivity index (χ0n) is 12.4. The van der Waals surface area contributed by atoms with Gasteiger partial charge in [0.05, 0.1) is 17.9 Å². The fraction of sp³-hybridized carbons (Fsp3) is 0.467. The molecule has 4 nitrogen and oxygen atoms in total. The minimum atomic E-state index is 0.789. The van der Waals surface area contributed by atoms with E-state index in [0.29, 0.717) is 0 Å². The summed E-state index contributed by atoms with van der Waals surface area (Å²) in [4.78, 5) is 11.3. The monoisotopic (exact) mass is 290 g/mol. The number of aromatic nitrogens is 2. The van der Waals surface area contributed by atoms with Gasteiger partial charge >= 0.3 is 0 Å². The molecule has 0 amide bonds. The minimum Gasteiger partial charge on any atom is -0.345 e. The Kier molecular flexibility index (Phi) is 5.49. The summed E-state index contributed by atoms with van der Waals surface area (Å²) in [7, 11) is 2.06. The predicted molar refractivity (Wildman–Crippen MR) is 85.2 cm³/mol. The fourth-order valence-electron chi connectivity index (χ4n) is 1.94. The van der Waals surface area contributed by atoms with Gasteiger partial charge in [0.2, 0.25) is 0 Å². The molecule has 0 aliphatic heterocycles. The fourth-order valence-corrected chi connectivity index (χ4v) is 2.74. The first-order valence-electron chi connectivity index (χ1n) is 6.98. The smallest absolute Gasteiger partial charge is 0.185 e. The van der Waals surface area contributed by atoms with Crippen molar-refractivity contribution in [3.05, 3.63) is 40.7 Å². The highest BCUT2D eigenvalue weighted by molar-refractivity contribution is 7.13. The molecule has 108 valence electrons. The Morgan fingerprint density at radius 1 is 1.25 bits per heavy atom. The highest BCUT2D eigenvalue weighted by Crippen LogP contribution is 2.20. The molecular formula is C15H22N4S. The van der Waals surface area contributed by atoms with Crippen LogP contribution in [0.4, 0.5) is 5.13 Å². The minimum absolute atomic E-state index is 0.789. The molecular weight excluding hydrogens is 268 g/mol. The second-order valence-electron chi connectivity index (χ2n) is 4.92. The predicted octanol–water partition coefficient (Wildman–Crippen LogP) is 2.98. The van der Waals surface area contributed by atoms with Crippen LogP contribution < -0.4 is 10.2 Å². The van der Waals surface area contributed by atoms with E-state index < -0.39 is 0 Å². The molecule has 0 unspecified atom stereocenters. The van der Waals surface area contributed by atoms with Crippen molar-refractivity contribution in [3.63, 3.8) is 0 Å². The third-order valence-electron chi connectivity index (χ3n) is 2.94. The summed E-state index contributed by atoms with van der Waals surface area (Å²) in [6.07, 6.45) is 1.15. The van der Waals surface area contributed by atoms with Crippen molar-refractivity contribution < 1.29 is 0 Å². The van der Waals surface area contributed by atoms with E-state index in [4.69, 9.17) is 0 Å². The second kappa shape index (κ2) is 7.36. The van der Waals surface area contributed by atoms with Gasteiger partial charge in [-0.3, -0.25) is 4.98 Å². The van der Waals surface area contributed by atoms with Crippen LogP contribution in [-0.2, 0) is 13.1 Å². The van der Waals surface area contributed by atoms with Gasteiger partial charge in [0.25, 0.3) is 0 Å². The highest BCUT2D eigenvalue weighted by Gasteiger charge is 2.08. The molecule has 20 heavy (non-hydrogen) atoms. The maximum absolute atomic E-state index is 4.65. The lowest BCUT2D eigenvalue weighted by Gasteiger charge is -2.15. The number of anilines is 1. The Labute approximate surface area is 124 Å². The van der Waals surface area contributed by atoms with Gasteiger partial charge < -0.3 is 10.2 Å². The average Bonchev–Trinajstić information content (AvgIpc) is 2.88. The number of pyridine rings is 1. The molecule has 2 rings (SSSR count). The zero-order chi connectivity index (χ0) is 14.4. The number of hydrogen-bond acceptors (Lipinski definition) is 5. The molecule has 2 heterocycles. The van der Waals surface area contributed by atoms with Gasteiger partial charge in [-0.25, -0.2) is 4.98 Å². The SMILES string of the molecule is CCCNCc1csc(N(C)Cc2cccc(C)n2)n1. The molecule has 2 aromatic rings. The number of nitrogens with zero attached hydrogens (tertiary/aromatic N) is 3. The van der Waals surface area contributed by atoms with Crippen LogP contribution in [0.3, 0.4) is 0 Å². The number of thiazole rings is 1. The summed E-state index contributed by atoms with van der Waals surface area (Å²) in [5, 5.41) is 6.54. The van der Waals surface area contributed by atoms with Gasteiger partial charge in [-0.15, -0.1) is 11.3 Å². The lowest BCUT2D eigenvalue weighted by molar-refractivity contribution is 0.666. The molecule has 0 atom stereocenters. The standard InChI is InChI=1S/C15H22N4S/c1-4-8-16-9-14-11-20-15(18-14)19(3)10-13-7-5-6-12(2)17-13/h5-7,11,16H,4,8-10H2,1-3H3. The van der Waals surface area contributed by atoms with Gasteiger partial charge in [-0.05, 0) is 32.0 Å². The van der Waals surface area contributed by atoms with Crippen molar-refractivity contribution in [1.82, 2.24) is 15.3 Å². The Morgan fingerprint density at radius 3 is 2.85 bits per heavy atom. The van der Waals surface area contributed by atoms with Crippen LogP contribution >= 0.6 is 11.3 Å². The molecule has 1 N–H and O–H groups in total. The molecule has 5 heteroatoms. The Morgan fingerprint density at radius 2 is 2.10 bits per heavy atom. The van der Waals surface area contributed by atoms with Crippen LogP contribution in [-0.4, -0.2) is 23.6 Å².